The zero-order chi connectivity index (χ0) is 10.1. The van der Waals surface area contributed by atoms with Crippen LogP contribution in [0.2, 0.25) is 0 Å². The van der Waals surface area contributed by atoms with Gasteiger partial charge < -0.3 is 5.11 Å². The number of carbonyl (C=O) groups is 1. The molecule has 0 aromatic carbocycles. The van der Waals surface area contributed by atoms with Crippen LogP contribution < -0.4 is 0 Å². The van der Waals surface area contributed by atoms with Crippen LogP contribution in [0.25, 0.3) is 5.52 Å². The van der Waals surface area contributed by atoms with E-state index in [0.717, 1.165) is 11.1 Å². The Bertz CT molecular complexity index is 445. The molecule has 1 unspecified atom stereocenters. The van der Waals surface area contributed by atoms with Crippen LogP contribution in [0.15, 0.2) is 24.8 Å². The number of nitrogens with zero attached hydrogens (tertiary/aromatic N) is 3. The molecule has 0 aliphatic carbocycles. The Labute approximate surface area is 80.0 Å². The Morgan fingerprint density at radius 2 is 2.43 bits per heavy atom. The fourth-order valence-corrected chi connectivity index (χ4v) is 1.26. The SMILES string of the molecule is CC(C(=O)O)c1cc2cncnn2c1. The summed E-state index contributed by atoms with van der Waals surface area (Å²) in [5.74, 6) is -1.36. The molecular weight excluding hydrogens is 182 g/mol. The molecule has 0 amide bonds. The van der Waals surface area contributed by atoms with Crippen molar-refractivity contribution in [3.63, 3.8) is 0 Å². The molecule has 2 heterocycles. The van der Waals surface area contributed by atoms with E-state index >= 15 is 0 Å². The van der Waals surface area contributed by atoms with Crippen molar-refractivity contribution in [1.82, 2.24) is 14.6 Å². The van der Waals surface area contributed by atoms with Crippen LogP contribution >= 0.6 is 0 Å². The molecule has 0 fully saturated rings. The fraction of sp³-hybridized carbons (Fsp3) is 0.222. The molecule has 2 aromatic heterocycles. The lowest BCUT2D eigenvalue weighted by Crippen LogP contribution is -2.06. The van der Waals surface area contributed by atoms with Gasteiger partial charge in [-0.05, 0) is 18.6 Å². The first kappa shape index (κ1) is 8.68. The first-order valence-corrected chi connectivity index (χ1v) is 4.19. The highest BCUT2D eigenvalue weighted by atomic mass is 16.4. The molecule has 0 saturated carbocycles. The summed E-state index contributed by atoms with van der Waals surface area (Å²) in [6.07, 6.45) is 4.77. The van der Waals surface area contributed by atoms with E-state index in [1.54, 1.807) is 29.9 Å². The van der Waals surface area contributed by atoms with Crippen LogP contribution in [0.3, 0.4) is 0 Å². The summed E-state index contributed by atoms with van der Waals surface area (Å²) in [6.45, 7) is 1.64. The first-order chi connectivity index (χ1) is 6.68. The van der Waals surface area contributed by atoms with Crippen molar-refractivity contribution < 1.29 is 9.90 Å². The molecule has 1 N–H and O–H groups in total. The summed E-state index contributed by atoms with van der Waals surface area (Å²) in [5.41, 5.74) is 1.54. The highest BCUT2D eigenvalue weighted by Gasteiger charge is 2.15. The third kappa shape index (κ3) is 1.32. The number of carboxylic acids is 1. The van der Waals surface area contributed by atoms with Crippen molar-refractivity contribution in [3.8, 4) is 0 Å². The maximum Gasteiger partial charge on any atom is 0.310 e. The maximum absolute atomic E-state index is 10.7. The maximum atomic E-state index is 10.7. The molecule has 2 aromatic rings. The van der Waals surface area contributed by atoms with E-state index in [1.807, 2.05) is 0 Å². The molecule has 0 bridgehead atoms. The second kappa shape index (κ2) is 3.10. The van der Waals surface area contributed by atoms with Crippen molar-refractivity contribution in [2.45, 2.75) is 12.8 Å². The van der Waals surface area contributed by atoms with Gasteiger partial charge in [0.15, 0.2) is 0 Å². The molecule has 0 saturated heterocycles. The predicted molar refractivity (Wildman–Crippen MR) is 49.0 cm³/mol. The van der Waals surface area contributed by atoms with E-state index in [4.69, 9.17) is 5.11 Å². The highest BCUT2D eigenvalue weighted by molar-refractivity contribution is 5.76. The topological polar surface area (TPSA) is 67.5 Å². The molecule has 1 atom stereocenters. The summed E-state index contributed by atoms with van der Waals surface area (Å²) >= 11 is 0. The van der Waals surface area contributed by atoms with Crippen LogP contribution in [-0.2, 0) is 4.79 Å². The van der Waals surface area contributed by atoms with Gasteiger partial charge in [0, 0.05) is 6.20 Å². The van der Waals surface area contributed by atoms with Gasteiger partial charge in [0.25, 0.3) is 0 Å². The van der Waals surface area contributed by atoms with E-state index in [2.05, 4.69) is 10.1 Å². The van der Waals surface area contributed by atoms with Crippen molar-refractivity contribution in [2.75, 3.05) is 0 Å². The minimum Gasteiger partial charge on any atom is -0.481 e. The van der Waals surface area contributed by atoms with Crippen molar-refractivity contribution in [1.29, 1.82) is 0 Å². The number of aromatic nitrogens is 3. The van der Waals surface area contributed by atoms with Gasteiger partial charge in [-0.2, -0.15) is 5.10 Å². The molecule has 0 radical (unpaired) electrons. The van der Waals surface area contributed by atoms with Crippen LogP contribution in [0.5, 0.6) is 0 Å². The summed E-state index contributed by atoms with van der Waals surface area (Å²) in [6, 6.07) is 1.78. The number of carboxylic acid groups (broad SMARTS) is 1. The molecule has 72 valence electrons. The number of fused-ring (bicyclic) bond motifs is 1. The minimum atomic E-state index is -0.839. The molecule has 0 aliphatic heterocycles. The van der Waals surface area contributed by atoms with Crippen molar-refractivity contribution >= 4 is 11.5 Å². The second-order valence-corrected chi connectivity index (χ2v) is 3.11. The van der Waals surface area contributed by atoms with Gasteiger partial charge in [-0.3, -0.25) is 4.79 Å². The van der Waals surface area contributed by atoms with E-state index in [-0.39, 0.29) is 0 Å². The number of aliphatic carboxylic acids is 1. The van der Waals surface area contributed by atoms with E-state index in [0.29, 0.717) is 0 Å². The Morgan fingerprint density at radius 3 is 3.07 bits per heavy atom. The van der Waals surface area contributed by atoms with Gasteiger partial charge in [-0.1, -0.05) is 0 Å². The predicted octanol–water partition coefficient (Wildman–Crippen LogP) is 0.917. The highest BCUT2D eigenvalue weighted by Crippen LogP contribution is 2.17. The monoisotopic (exact) mass is 191 g/mol. The zero-order valence-corrected chi connectivity index (χ0v) is 7.58. The average Bonchev–Trinajstić information content (AvgIpc) is 2.59. The number of hydrogen-bond donors (Lipinski definition) is 1. The van der Waals surface area contributed by atoms with E-state index in [1.165, 1.54) is 6.33 Å². The number of hydrogen-bond acceptors (Lipinski definition) is 3. The molecule has 5 nitrogen and oxygen atoms in total. The Morgan fingerprint density at radius 1 is 1.64 bits per heavy atom. The van der Waals surface area contributed by atoms with Gasteiger partial charge in [0.1, 0.15) is 6.33 Å². The van der Waals surface area contributed by atoms with Gasteiger partial charge in [0.05, 0.1) is 17.6 Å². The van der Waals surface area contributed by atoms with E-state index < -0.39 is 11.9 Å². The molecule has 0 spiro atoms. The Balaban J connectivity index is 2.50. The lowest BCUT2D eigenvalue weighted by molar-refractivity contribution is -0.138. The van der Waals surface area contributed by atoms with Gasteiger partial charge in [-0.25, -0.2) is 9.50 Å². The van der Waals surface area contributed by atoms with Gasteiger partial charge in [-0.15, -0.1) is 0 Å². The molecule has 0 aliphatic rings. The minimum absolute atomic E-state index is 0.517. The van der Waals surface area contributed by atoms with Gasteiger partial charge in [0.2, 0.25) is 0 Å². The Kier molecular flexibility index (Phi) is 1.92. The normalized spacial score (nSPS) is 12.9. The van der Waals surface area contributed by atoms with Crippen molar-refractivity contribution in [2.24, 2.45) is 0 Å². The quantitative estimate of drug-likeness (QED) is 0.766. The lowest BCUT2D eigenvalue weighted by atomic mass is 10.1. The Hall–Kier alpha value is -1.91. The summed E-state index contributed by atoms with van der Waals surface area (Å²) in [5, 5.41) is 12.8. The first-order valence-electron chi connectivity index (χ1n) is 4.19. The lowest BCUT2D eigenvalue weighted by Gasteiger charge is -2.00. The standard InChI is InChI=1S/C9H9N3O2/c1-6(9(13)14)7-2-8-3-10-5-11-12(8)4-7/h2-6H,1H3,(H,13,14). The summed E-state index contributed by atoms with van der Waals surface area (Å²) in [7, 11) is 0. The summed E-state index contributed by atoms with van der Waals surface area (Å²) in [4.78, 5) is 14.6. The second-order valence-electron chi connectivity index (χ2n) is 3.11. The van der Waals surface area contributed by atoms with E-state index in [9.17, 15) is 4.79 Å². The van der Waals surface area contributed by atoms with Crippen LogP contribution in [0.4, 0.5) is 0 Å². The molecule has 14 heavy (non-hydrogen) atoms. The fourth-order valence-electron chi connectivity index (χ4n) is 1.26. The molecule has 5 heteroatoms. The van der Waals surface area contributed by atoms with Crippen molar-refractivity contribution in [3.05, 3.63) is 30.4 Å². The third-order valence-corrected chi connectivity index (χ3v) is 2.17. The summed E-state index contributed by atoms with van der Waals surface area (Å²) < 4.78 is 1.61. The molecular formula is C9H9N3O2. The van der Waals surface area contributed by atoms with Crippen LogP contribution in [0.1, 0.15) is 18.4 Å². The average molecular weight is 191 g/mol. The number of rotatable bonds is 2. The third-order valence-electron chi connectivity index (χ3n) is 2.17. The smallest absolute Gasteiger partial charge is 0.310 e. The molecule has 2 rings (SSSR count). The zero-order valence-electron chi connectivity index (χ0n) is 7.58. The van der Waals surface area contributed by atoms with Crippen LogP contribution in [0, 0.1) is 0 Å². The van der Waals surface area contributed by atoms with Crippen LogP contribution in [-0.4, -0.2) is 25.7 Å². The van der Waals surface area contributed by atoms with Gasteiger partial charge >= 0.3 is 5.97 Å². The largest absolute Gasteiger partial charge is 0.481 e.